The highest BCUT2D eigenvalue weighted by atomic mass is 19.1. The molecule has 2 aliphatic heterocycles. The molecule has 2 aromatic heterocycles. The Kier molecular flexibility index (Phi) is 5.64. The Morgan fingerprint density at radius 1 is 1.00 bits per heavy atom. The lowest BCUT2D eigenvalue weighted by atomic mass is 10.1. The fraction of sp³-hybridized carbons (Fsp3) is 0.296. The van der Waals surface area contributed by atoms with Crippen LogP contribution < -0.4 is 5.32 Å². The molecule has 2 saturated heterocycles. The smallest absolute Gasteiger partial charge is 0.167 e. The molecule has 1 N–H and O–H groups in total. The van der Waals surface area contributed by atoms with Crippen molar-refractivity contribution in [3.63, 3.8) is 0 Å². The largest absolute Gasteiger partial charge is 0.364 e. The first-order valence-corrected chi connectivity index (χ1v) is 11.7. The normalized spacial score (nSPS) is 24.3. The predicted octanol–water partition coefficient (Wildman–Crippen LogP) is 4.05. The fourth-order valence-electron chi connectivity index (χ4n) is 4.58. The van der Waals surface area contributed by atoms with E-state index in [1.807, 2.05) is 48.7 Å². The van der Waals surface area contributed by atoms with Gasteiger partial charge in [-0.15, -0.1) is 0 Å². The van der Waals surface area contributed by atoms with Crippen molar-refractivity contribution in [2.24, 2.45) is 0 Å². The van der Waals surface area contributed by atoms with E-state index in [1.165, 1.54) is 12.4 Å². The van der Waals surface area contributed by atoms with Crippen LogP contribution in [0.25, 0.3) is 11.2 Å². The number of fused-ring (bicyclic) bond motifs is 2. The average Bonchev–Trinajstić information content (AvgIpc) is 3.54. The molecule has 0 aliphatic carbocycles. The number of ether oxygens (including phenoxy) is 3. The zero-order chi connectivity index (χ0) is 24.7. The predicted molar refractivity (Wildman–Crippen MR) is 130 cm³/mol. The van der Waals surface area contributed by atoms with E-state index in [0.29, 0.717) is 29.1 Å². The average molecular weight is 486 g/mol. The topological polar surface area (TPSA) is 83.3 Å². The summed E-state index contributed by atoms with van der Waals surface area (Å²) in [6, 6.07) is 16.4. The van der Waals surface area contributed by atoms with Crippen molar-refractivity contribution in [1.82, 2.24) is 19.5 Å². The quantitative estimate of drug-likeness (QED) is 0.437. The number of aromatic nitrogens is 4. The summed E-state index contributed by atoms with van der Waals surface area (Å²) in [7, 11) is 0. The van der Waals surface area contributed by atoms with Crippen molar-refractivity contribution in [3.8, 4) is 11.8 Å². The summed E-state index contributed by atoms with van der Waals surface area (Å²) in [5.74, 6) is 5.36. The molecule has 8 nitrogen and oxygen atoms in total. The molecule has 4 atom stereocenters. The molecule has 2 aromatic carbocycles. The maximum atomic E-state index is 14.1. The van der Waals surface area contributed by atoms with Gasteiger partial charge in [-0.05, 0) is 31.5 Å². The van der Waals surface area contributed by atoms with E-state index in [9.17, 15) is 4.39 Å². The minimum absolute atomic E-state index is 0.300. The molecule has 0 radical (unpaired) electrons. The molecule has 6 rings (SSSR count). The highest BCUT2D eigenvalue weighted by Crippen LogP contribution is 2.43. The SMILES string of the molecule is CC1(C)O[C@@H]2[C@H](O1)[C@@H](C#Cc1ccccc1F)O[C@H]2n1cnc2c(NCc3ccccc3)ncnc21. The number of nitrogens with zero attached hydrogens (tertiary/aromatic N) is 4. The second-order valence-corrected chi connectivity index (χ2v) is 9.15. The highest BCUT2D eigenvalue weighted by molar-refractivity contribution is 5.82. The Morgan fingerprint density at radius 2 is 1.78 bits per heavy atom. The van der Waals surface area contributed by atoms with Gasteiger partial charge in [0.15, 0.2) is 29.0 Å². The van der Waals surface area contributed by atoms with Crippen molar-refractivity contribution >= 4 is 17.0 Å². The van der Waals surface area contributed by atoms with Crippen molar-refractivity contribution in [1.29, 1.82) is 0 Å². The molecule has 0 unspecified atom stereocenters. The van der Waals surface area contributed by atoms with Crippen LogP contribution in [0.15, 0.2) is 67.3 Å². The van der Waals surface area contributed by atoms with Crippen molar-refractivity contribution < 1.29 is 18.6 Å². The molecule has 36 heavy (non-hydrogen) atoms. The second kappa shape index (κ2) is 8.99. The van der Waals surface area contributed by atoms with Gasteiger partial charge in [0.2, 0.25) is 0 Å². The molecule has 2 aliphatic rings. The lowest BCUT2D eigenvalue weighted by Gasteiger charge is -2.23. The van der Waals surface area contributed by atoms with Gasteiger partial charge in [-0.25, -0.2) is 19.3 Å². The van der Waals surface area contributed by atoms with Gasteiger partial charge in [0.1, 0.15) is 30.5 Å². The minimum Gasteiger partial charge on any atom is -0.364 e. The number of nitrogens with one attached hydrogen (secondary N) is 1. The van der Waals surface area contributed by atoms with Gasteiger partial charge in [-0.1, -0.05) is 54.3 Å². The van der Waals surface area contributed by atoms with Crippen LogP contribution in [-0.2, 0) is 20.8 Å². The summed E-state index contributed by atoms with van der Waals surface area (Å²) in [5.41, 5.74) is 2.64. The van der Waals surface area contributed by atoms with Gasteiger partial charge < -0.3 is 19.5 Å². The van der Waals surface area contributed by atoms with Crippen LogP contribution >= 0.6 is 0 Å². The van der Waals surface area contributed by atoms with Crippen molar-refractivity contribution in [3.05, 3.63) is 84.2 Å². The number of rotatable bonds is 4. The van der Waals surface area contributed by atoms with Gasteiger partial charge in [-0.3, -0.25) is 4.57 Å². The Morgan fingerprint density at radius 3 is 2.61 bits per heavy atom. The first-order chi connectivity index (χ1) is 17.5. The van der Waals surface area contributed by atoms with Crippen LogP contribution in [0, 0.1) is 17.7 Å². The molecular weight excluding hydrogens is 461 g/mol. The monoisotopic (exact) mass is 485 g/mol. The Labute approximate surface area is 207 Å². The molecule has 4 aromatic rings. The Balaban J connectivity index is 1.30. The molecule has 0 spiro atoms. The summed E-state index contributed by atoms with van der Waals surface area (Å²) in [5, 5.41) is 3.34. The first-order valence-electron chi connectivity index (χ1n) is 11.7. The zero-order valence-electron chi connectivity index (χ0n) is 19.8. The molecule has 0 amide bonds. The van der Waals surface area contributed by atoms with Crippen LogP contribution in [0.1, 0.15) is 31.2 Å². The van der Waals surface area contributed by atoms with Gasteiger partial charge >= 0.3 is 0 Å². The van der Waals surface area contributed by atoms with E-state index in [4.69, 9.17) is 14.2 Å². The second-order valence-electron chi connectivity index (χ2n) is 9.15. The third-order valence-electron chi connectivity index (χ3n) is 6.19. The van der Waals surface area contributed by atoms with E-state index >= 15 is 0 Å². The molecule has 9 heteroatoms. The number of benzene rings is 2. The number of hydrogen-bond donors (Lipinski definition) is 1. The minimum atomic E-state index is -0.816. The van der Waals surface area contributed by atoms with E-state index in [-0.39, 0.29) is 5.82 Å². The molecule has 2 fully saturated rings. The molecular formula is C27H24FN5O3. The number of halogens is 1. The standard InChI is InChI=1S/C27H24FN5O3/c1-27(2)35-22-20(13-12-18-10-6-7-11-19(18)28)34-26(23(22)36-27)33-16-32-21-24(30-15-31-25(21)33)29-14-17-8-4-3-5-9-17/h3-11,15-16,20,22-23,26H,14H2,1-2H3,(H,29,30,31)/t20-,22-,23-,26-/m1/s1. The maximum Gasteiger partial charge on any atom is 0.167 e. The summed E-state index contributed by atoms with van der Waals surface area (Å²) in [4.78, 5) is 13.4. The number of anilines is 1. The van der Waals surface area contributed by atoms with Crippen LogP contribution in [0.3, 0.4) is 0 Å². The van der Waals surface area contributed by atoms with Gasteiger partial charge in [0, 0.05) is 6.54 Å². The third-order valence-corrected chi connectivity index (χ3v) is 6.19. The summed E-state index contributed by atoms with van der Waals surface area (Å²) >= 11 is 0. The van der Waals surface area contributed by atoms with Crippen LogP contribution in [0.4, 0.5) is 10.2 Å². The molecule has 182 valence electrons. The summed E-state index contributed by atoms with van der Waals surface area (Å²) in [6.45, 7) is 4.30. The maximum absolute atomic E-state index is 14.1. The van der Waals surface area contributed by atoms with Crippen molar-refractivity contribution in [2.75, 3.05) is 5.32 Å². The zero-order valence-corrected chi connectivity index (χ0v) is 19.8. The van der Waals surface area contributed by atoms with E-state index in [2.05, 4.69) is 32.1 Å². The highest BCUT2D eigenvalue weighted by Gasteiger charge is 2.56. The van der Waals surface area contributed by atoms with E-state index in [1.54, 1.807) is 24.5 Å². The Bertz CT molecular complexity index is 1460. The van der Waals surface area contributed by atoms with Gasteiger partial charge in [-0.2, -0.15) is 0 Å². The van der Waals surface area contributed by atoms with Gasteiger partial charge in [0.05, 0.1) is 11.9 Å². The molecule has 0 saturated carbocycles. The van der Waals surface area contributed by atoms with E-state index < -0.39 is 30.3 Å². The Hall–Kier alpha value is -3.84. The third kappa shape index (κ3) is 4.20. The lowest BCUT2D eigenvalue weighted by molar-refractivity contribution is -0.190. The van der Waals surface area contributed by atoms with E-state index in [0.717, 1.165) is 5.56 Å². The van der Waals surface area contributed by atoms with Crippen LogP contribution in [0.2, 0.25) is 0 Å². The number of imidazole rings is 1. The fourth-order valence-corrected chi connectivity index (χ4v) is 4.58. The van der Waals surface area contributed by atoms with Crippen molar-refractivity contribution in [2.45, 2.75) is 50.7 Å². The first kappa shape index (κ1) is 22.6. The molecule has 0 bridgehead atoms. The van der Waals surface area contributed by atoms with Crippen LogP contribution in [-0.4, -0.2) is 43.6 Å². The number of hydrogen-bond acceptors (Lipinski definition) is 7. The van der Waals surface area contributed by atoms with Gasteiger partial charge in [0.25, 0.3) is 0 Å². The van der Waals surface area contributed by atoms with Crippen LogP contribution in [0.5, 0.6) is 0 Å². The summed E-state index contributed by atoms with van der Waals surface area (Å²) in [6.07, 6.45) is 1.03. The molecule has 4 heterocycles. The summed E-state index contributed by atoms with van der Waals surface area (Å²) < 4.78 is 34.6. The lowest BCUT2D eigenvalue weighted by Crippen LogP contribution is -2.28.